The molecule has 1 fully saturated rings. The average molecular weight is 348 g/mol. The van der Waals surface area contributed by atoms with Crippen molar-refractivity contribution >= 4 is 5.91 Å². The predicted octanol–water partition coefficient (Wildman–Crippen LogP) is 1.67. The van der Waals surface area contributed by atoms with E-state index in [2.05, 4.69) is 49.5 Å². The zero-order valence-corrected chi connectivity index (χ0v) is 14.3. The van der Waals surface area contributed by atoms with Crippen molar-refractivity contribution in [2.24, 2.45) is 0 Å². The van der Waals surface area contributed by atoms with Gasteiger partial charge >= 0.3 is 0 Å². The fourth-order valence-electron chi connectivity index (χ4n) is 3.22. The second kappa shape index (κ2) is 7.45. The first-order chi connectivity index (χ1) is 12.8. The Morgan fingerprint density at radius 3 is 2.92 bits per heavy atom. The lowest BCUT2D eigenvalue weighted by Crippen LogP contribution is -2.37. The number of hydrogen-bond acceptors (Lipinski definition) is 5. The van der Waals surface area contributed by atoms with Gasteiger partial charge in [-0.05, 0) is 24.1 Å². The van der Waals surface area contributed by atoms with Gasteiger partial charge < -0.3 is 5.32 Å². The molecule has 4 rings (SSSR count). The molecule has 0 unspecified atom stereocenters. The molecule has 7 nitrogen and oxygen atoms in total. The highest BCUT2D eigenvalue weighted by molar-refractivity contribution is 5.94. The molecule has 1 N–H and O–H groups in total. The molecule has 3 heterocycles. The summed E-state index contributed by atoms with van der Waals surface area (Å²) in [6, 6.07) is 14.0. The van der Waals surface area contributed by atoms with E-state index in [1.54, 1.807) is 24.7 Å². The van der Waals surface area contributed by atoms with Crippen molar-refractivity contribution in [2.75, 3.05) is 13.1 Å². The number of benzene rings is 1. The summed E-state index contributed by atoms with van der Waals surface area (Å²) in [5, 5.41) is 7.17. The fourth-order valence-corrected chi connectivity index (χ4v) is 3.22. The van der Waals surface area contributed by atoms with Gasteiger partial charge in [-0.3, -0.25) is 9.69 Å². The van der Waals surface area contributed by atoms with Crippen LogP contribution >= 0.6 is 0 Å². The summed E-state index contributed by atoms with van der Waals surface area (Å²) in [6.45, 7) is 2.76. The molecule has 0 radical (unpaired) electrons. The molecule has 26 heavy (non-hydrogen) atoms. The van der Waals surface area contributed by atoms with E-state index in [0.717, 1.165) is 26.1 Å². The molecule has 1 aliphatic heterocycles. The number of nitrogens with one attached hydrogen (secondary N) is 1. The maximum atomic E-state index is 12.6. The molecule has 132 valence electrons. The lowest BCUT2D eigenvalue weighted by Gasteiger charge is -2.17. The molecule has 0 aliphatic carbocycles. The second-order valence-electron chi connectivity index (χ2n) is 6.42. The van der Waals surface area contributed by atoms with Gasteiger partial charge in [-0.2, -0.15) is 5.10 Å². The van der Waals surface area contributed by atoms with E-state index in [-0.39, 0.29) is 11.9 Å². The predicted molar refractivity (Wildman–Crippen MR) is 96.7 cm³/mol. The third-order valence-electron chi connectivity index (χ3n) is 4.52. The lowest BCUT2D eigenvalue weighted by atomic mass is 10.2. The first-order valence-electron chi connectivity index (χ1n) is 8.66. The molecule has 1 aromatic carbocycles. The maximum absolute atomic E-state index is 12.6. The van der Waals surface area contributed by atoms with Gasteiger partial charge in [0.2, 0.25) is 0 Å². The smallest absolute Gasteiger partial charge is 0.251 e. The number of nitrogens with zero attached hydrogens (tertiary/aromatic N) is 5. The van der Waals surface area contributed by atoms with Crippen molar-refractivity contribution in [1.82, 2.24) is 30.0 Å². The molecule has 1 aliphatic rings. The molecule has 1 saturated heterocycles. The summed E-state index contributed by atoms with van der Waals surface area (Å²) in [6.07, 6.45) is 5.57. The third kappa shape index (κ3) is 3.78. The number of likely N-dealkylation sites (tertiary alicyclic amines) is 1. The van der Waals surface area contributed by atoms with Crippen LogP contribution in [0.15, 0.2) is 61.3 Å². The van der Waals surface area contributed by atoms with Gasteiger partial charge in [0.25, 0.3) is 5.91 Å². The lowest BCUT2D eigenvalue weighted by molar-refractivity contribution is 0.0937. The maximum Gasteiger partial charge on any atom is 0.251 e. The van der Waals surface area contributed by atoms with Crippen LogP contribution in [0, 0.1) is 0 Å². The van der Waals surface area contributed by atoms with Crippen LogP contribution in [0.5, 0.6) is 0 Å². The first kappa shape index (κ1) is 16.4. The molecular formula is C19H20N6O. The van der Waals surface area contributed by atoms with Crippen molar-refractivity contribution in [3.8, 4) is 5.82 Å². The Kier molecular flexibility index (Phi) is 4.70. The molecule has 7 heteroatoms. The highest BCUT2D eigenvalue weighted by Crippen LogP contribution is 2.14. The van der Waals surface area contributed by atoms with Crippen LogP contribution in [-0.2, 0) is 6.54 Å². The molecular weight excluding hydrogens is 328 g/mol. The highest BCUT2D eigenvalue weighted by atomic mass is 16.1. The Labute approximate surface area is 151 Å². The van der Waals surface area contributed by atoms with E-state index >= 15 is 0 Å². The van der Waals surface area contributed by atoms with E-state index in [9.17, 15) is 4.79 Å². The average Bonchev–Trinajstić information content (AvgIpc) is 3.35. The van der Waals surface area contributed by atoms with E-state index in [1.165, 1.54) is 16.6 Å². The number of aromatic nitrogens is 4. The van der Waals surface area contributed by atoms with Crippen LogP contribution in [0.1, 0.15) is 22.3 Å². The molecule has 0 bridgehead atoms. The van der Waals surface area contributed by atoms with E-state index in [4.69, 9.17) is 0 Å². The van der Waals surface area contributed by atoms with Crippen molar-refractivity contribution < 1.29 is 4.79 Å². The largest absolute Gasteiger partial charge is 0.348 e. The Morgan fingerprint density at radius 1 is 1.23 bits per heavy atom. The van der Waals surface area contributed by atoms with E-state index in [0.29, 0.717) is 11.4 Å². The van der Waals surface area contributed by atoms with Crippen LogP contribution < -0.4 is 5.32 Å². The zero-order valence-electron chi connectivity index (χ0n) is 14.3. The summed E-state index contributed by atoms with van der Waals surface area (Å²) < 4.78 is 1.54. The number of amides is 1. The summed E-state index contributed by atoms with van der Waals surface area (Å²) in [5.74, 6) is 0.493. The first-order valence-corrected chi connectivity index (χ1v) is 8.66. The molecule has 1 atom stereocenters. The van der Waals surface area contributed by atoms with Crippen molar-refractivity contribution in [3.63, 3.8) is 0 Å². The van der Waals surface area contributed by atoms with Gasteiger partial charge in [0.15, 0.2) is 5.82 Å². The van der Waals surface area contributed by atoms with Crippen molar-refractivity contribution in [1.29, 1.82) is 0 Å². The second-order valence-corrected chi connectivity index (χ2v) is 6.42. The molecule has 1 amide bonds. The Bertz CT molecular complexity index is 865. The van der Waals surface area contributed by atoms with Gasteiger partial charge in [0, 0.05) is 37.4 Å². The Balaban J connectivity index is 1.36. The van der Waals surface area contributed by atoms with Crippen molar-refractivity contribution in [3.05, 3.63) is 72.4 Å². The van der Waals surface area contributed by atoms with Gasteiger partial charge in [0.05, 0.1) is 0 Å². The number of rotatable bonds is 5. The Hall–Kier alpha value is -3.06. The monoisotopic (exact) mass is 348 g/mol. The normalized spacial score (nSPS) is 17.3. The number of pyridine rings is 1. The van der Waals surface area contributed by atoms with E-state index < -0.39 is 0 Å². The minimum absolute atomic E-state index is 0.0830. The standard InChI is InChI=1S/C19H20N6O/c26-19(16-6-8-21-18(10-16)25-14-20-13-22-25)23-17-7-9-24(12-17)11-15-4-2-1-3-5-15/h1-6,8,10,13-14,17H,7,9,11-12H2,(H,23,26)/t17-/m0/s1. The SMILES string of the molecule is O=C(N[C@H]1CCN(Cc2ccccc2)C1)c1ccnc(-n2cncn2)c1. The topological polar surface area (TPSA) is 75.9 Å². The van der Waals surface area contributed by atoms with Gasteiger partial charge in [0.1, 0.15) is 12.7 Å². The van der Waals surface area contributed by atoms with Crippen LogP contribution in [0.2, 0.25) is 0 Å². The number of hydrogen-bond donors (Lipinski definition) is 1. The van der Waals surface area contributed by atoms with Crippen LogP contribution in [0.25, 0.3) is 5.82 Å². The molecule has 0 saturated carbocycles. The minimum atomic E-state index is -0.0830. The number of carbonyl (C=O) groups excluding carboxylic acids is 1. The van der Waals surface area contributed by atoms with Crippen LogP contribution in [0.4, 0.5) is 0 Å². The fraction of sp³-hybridized carbons (Fsp3) is 0.263. The van der Waals surface area contributed by atoms with Gasteiger partial charge in [-0.15, -0.1) is 0 Å². The summed E-state index contributed by atoms with van der Waals surface area (Å²) in [5.41, 5.74) is 1.87. The molecule has 0 spiro atoms. The van der Waals surface area contributed by atoms with E-state index in [1.807, 2.05) is 6.07 Å². The van der Waals surface area contributed by atoms with Crippen molar-refractivity contribution in [2.45, 2.75) is 19.0 Å². The molecule has 2 aromatic heterocycles. The molecule has 3 aromatic rings. The van der Waals surface area contributed by atoms with Gasteiger partial charge in [-0.1, -0.05) is 30.3 Å². The quantitative estimate of drug-likeness (QED) is 0.759. The summed E-state index contributed by atoms with van der Waals surface area (Å²) in [4.78, 5) is 23.1. The minimum Gasteiger partial charge on any atom is -0.348 e. The summed E-state index contributed by atoms with van der Waals surface area (Å²) >= 11 is 0. The number of carbonyl (C=O) groups is 1. The summed E-state index contributed by atoms with van der Waals surface area (Å²) in [7, 11) is 0. The highest BCUT2D eigenvalue weighted by Gasteiger charge is 2.24. The Morgan fingerprint density at radius 2 is 2.12 bits per heavy atom. The van der Waals surface area contributed by atoms with Crippen LogP contribution in [-0.4, -0.2) is 49.7 Å². The zero-order chi connectivity index (χ0) is 17.8. The van der Waals surface area contributed by atoms with Crippen LogP contribution in [0.3, 0.4) is 0 Å². The van der Waals surface area contributed by atoms with Gasteiger partial charge in [-0.25, -0.2) is 14.6 Å². The third-order valence-corrected chi connectivity index (χ3v) is 4.52.